The third kappa shape index (κ3) is 2.38. The van der Waals surface area contributed by atoms with Crippen molar-refractivity contribution in [2.75, 3.05) is 0 Å². The average molecular weight is 275 g/mol. The van der Waals surface area contributed by atoms with Crippen LogP contribution in [0.4, 0.5) is 0 Å². The fourth-order valence-corrected chi connectivity index (χ4v) is 4.08. The first kappa shape index (κ1) is 12.6. The van der Waals surface area contributed by atoms with Crippen LogP contribution >= 0.6 is 0 Å². The van der Waals surface area contributed by atoms with E-state index in [0.29, 0.717) is 10.8 Å². The van der Waals surface area contributed by atoms with Crippen molar-refractivity contribution in [3.8, 4) is 0 Å². The Hall–Kier alpha value is -1.39. The van der Waals surface area contributed by atoms with Crippen LogP contribution in [0.2, 0.25) is 0 Å². The summed E-state index contributed by atoms with van der Waals surface area (Å²) < 4.78 is 27.7. The molecule has 2 atom stereocenters. The minimum Gasteiger partial charge on any atom is -0.208 e. The molecule has 0 bridgehead atoms. The minimum atomic E-state index is -3.42. The highest BCUT2D eigenvalue weighted by Crippen LogP contribution is 2.35. The molecule has 3 nitrogen and oxygen atoms in total. The predicted octanol–water partition coefficient (Wildman–Crippen LogP) is 2.92. The van der Waals surface area contributed by atoms with Gasteiger partial charge in [0.2, 0.25) is 10.0 Å². The third-order valence-corrected chi connectivity index (χ3v) is 5.34. The fraction of sp³-hybridized carbons (Fsp3) is 0.333. The van der Waals surface area contributed by atoms with E-state index in [4.69, 9.17) is 0 Å². The molecular weight excluding hydrogens is 258 g/mol. The summed E-state index contributed by atoms with van der Waals surface area (Å²) in [4.78, 5) is 0.382. The van der Waals surface area contributed by atoms with E-state index in [0.717, 1.165) is 23.6 Å². The van der Waals surface area contributed by atoms with Gasteiger partial charge in [0.15, 0.2) is 0 Å². The second-order valence-electron chi connectivity index (χ2n) is 5.11. The third-order valence-electron chi connectivity index (χ3n) is 3.79. The van der Waals surface area contributed by atoms with Crippen molar-refractivity contribution < 1.29 is 8.42 Å². The van der Waals surface area contributed by atoms with E-state index in [1.807, 2.05) is 30.3 Å². The van der Waals surface area contributed by atoms with E-state index in [1.165, 1.54) is 0 Å². The Morgan fingerprint density at radius 2 is 1.89 bits per heavy atom. The Kier molecular flexibility index (Phi) is 3.07. The molecule has 1 saturated carbocycles. The highest BCUT2D eigenvalue weighted by atomic mass is 32.2. The Labute approximate surface area is 113 Å². The normalized spacial score (nSPS) is 22.6. The van der Waals surface area contributed by atoms with Gasteiger partial charge in [-0.3, -0.25) is 0 Å². The maximum Gasteiger partial charge on any atom is 0.241 e. The van der Waals surface area contributed by atoms with Crippen LogP contribution in [0.15, 0.2) is 47.4 Å². The molecule has 2 aromatic rings. The van der Waals surface area contributed by atoms with Crippen LogP contribution in [0.3, 0.4) is 0 Å². The van der Waals surface area contributed by atoms with Gasteiger partial charge in [-0.15, -0.1) is 0 Å². The summed E-state index contributed by atoms with van der Waals surface area (Å²) in [5.74, 6) is 0.504. The second-order valence-corrected chi connectivity index (χ2v) is 6.79. The molecule has 100 valence electrons. The summed E-state index contributed by atoms with van der Waals surface area (Å²) in [6.45, 7) is 2.09. The first-order valence-corrected chi connectivity index (χ1v) is 8.10. The molecule has 0 amide bonds. The average Bonchev–Trinajstić information content (AvgIpc) is 3.15. The topological polar surface area (TPSA) is 46.2 Å². The van der Waals surface area contributed by atoms with E-state index in [2.05, 4.69) is 11.6 Å². The lowest BCUT2D eigenvalue weighted by Crippen LogP contribution is -2.27. The van der Waals surface area contributed by atoms with Crippen LogP contribution in [0.25, 0.3) is 10.8 Å². The van der Waals surface area contributed by atoms with Crippen LogP contribution in [0.1, 0.15) is 19.8 Å². The van der Waals surface area contributed by atoms with Crippen molar-refractivity contribution in [2.45, 2.75) is 30.7 Å². The smallest absolute Gasteiger partial charge is 0.208 e. The quantitative estimate of drug-likeness (QED) is 0.932. The van der Waals surface area contributed by atoms with Crippen LogP contribution in [0, 0.1) is 5.92 Å². The Balaban J connectivity index is 1.99. The highest BCUT2D eigenvalue weighted by molar-refractivity contribution is 7.89. The largest absolute Gasteiger partial charge is 0.241 e. The summed E-state index contributed by atoms with van der Waals surface area (Å²) in [5, 5.41) is 1.74. The van der Waals surface area contributed by atoms with Crippen molar-refractivity contribution in [2.24, 2.45) is 5.92 Å². The molecule has 2 unspecified atom stereocenters. The Morgan fingerprint density at radius 3 is 2.63 bits per heavy atom. The summed E-state index contributed by atoms with van der Waals surface area (Å²) in [6, 6.07) is 13.1. The molecule has 2 aromatic carbocycles. The molecule has 1 aliphatic rings. The van der Waals surface area contributed by atoms with Gasteiger partial charge in [0, 0.05) is 11.4 Å². The van der Waals surface area contributed by atoms with Crippen molar-refractivity contribution >= 4 is 20.8 Å². The lowest BCUT2D eigenvalue weighted by molar-refractivity contribution is 0.577. The number of benzene rings is 2. The molecule has 1 fully saturated rings. The molecule has 0 radical (unpaired) electrons. The summed E-state index contributed by atoms with van der Waals surface area (Å²) in [5.41, 5.74) is 0. The van der Waals surface area contributed by atoms with Gasteiger partial charge in [-0.25, -0.2) is 13.1 Å². The maximum atomic E-state index is 12.4. The van der Waals surface area contributed by atoms with Gasteiger partial charge >= 0.3 is 0 Å². The van der Waals surface area contributed by atoms with E-state index >= 15 is 0 Å². The summed E-state index contributed by atoms with van der Waals surface area (Å²) in [7, 11) is -3.42. The van der Waals surface area contributed by atoms with Crippen LogP contribution < -0.4 is 4.72 Å². The zero-order valence-electron chi connectivity index (χ0n) is 10.8. The number of sulfonamides is 1. The first-order chi connectivity index (χ1) is 9.12. The standard InChI is InChI=1S/C15H17NO2S/c1-2-11-10-14(11)16-19(17,18)15-9-5-7-12-6-3-4-8-13(12)15/h3-9,11,14,16H,2,10H2,1H3. The maximum absolute atomic E-state index is 12.4. The lowest BCUT2D eigenvalue weighted by atomic mass is 10.1. The van der Waals surface area contributed by atoms with Crippen molar-refractivity contribution in [1.82, 2.24) is 4.72 Å². The SMILES string of the molecule is CCC1CC1NS(=O)(=O)c1cccc2ccccc12. The van der Waals surface area contributed by atoms with Crippen LogP contribution in [-0.4, -0.2) is 14.5 Å². The van der Waals surface area contributed by atoms with Gasteiger partial charge in [0.05, 0.1) is 4.90 Å². The lowest BCUT2D eigenvalue weighted by Gasteiger charge is -2.09. The minimum absolute atomic E-state index is 0.119. The van der Waals surface area contributed by atoms with Gasteiger partial charge < -0.3 is 0 Å². The fourth-order valence-electron chi connectivity index (χ4n) is 2.54. The van der Waals surface area contributed by atoms with Gasteiger partial charge in [0.25, 0.3) is 0 Å². The van der Waals surface area contributed by atoms with E-state index < -0.39 is 10.0 Å². The zero-order valence-corrected chi connectivity index (χ0v) is 11.7. The molecule has 0 saturated heterocycles. The number of hydrogen-bond donors (Lipinski definition) is 1. The van der Waals surface area contributed by atoms with Crippen molar-refractivity contribution in [3.63, 3.8) is 0 Å². The van der Waals surface area contributed by atoms with Crippen LogP contribution in [0.5, 0.6) is 0 Å². The Bertz CT molecular complexity index is 704. The molecule has 1 N–H and O–H groups in total. The number of nitrogens with one attached hydrogen (secondary N) is 1. The molecule has 0 aliphatic heterocycles. The van der Waals surface area contributed by atoms with E-state index in [1.54, 1.807) is 12.1 Å². The number of hydrogen-bond acceptors (Lipinski definition) is 2. The summed E-state index contributed by atoms with van der Waals surface area (Å²) >= 11 is 0. The molecule has 0 spiro atoms. The van der Waals surface area contributed by atoms with Crippen molar-refractivity contribution in [1.29, 1.82) is 0 Å². The van der Waals surface area contributed by atoms with Crippen molar-refractivity contribution in [3.05, 3.63) is 42.5 Å². The second kappa shape index (κ2) is 4.62. The number of fused-ring (bicyclic) bond motifs is 1. The van der Waals surface area contributed by atoms with E-state index in [-0.39, 0.29) is 6.04 Å². The molecule has 0 heterocycles. The van der Waals surface area contributed by atoms with Gasteiger partial charge in [-0.05, 0) is 23.8 Å². The highest BCUT2D eigenvalue weighted by Gasteiger charge is 2.38. The Morgan fingerprint density at radius 1 is 1.16 bits per heavy atom. The molecule has 1 aliphatic carbocycles. The predicted molar refractivity (Wildman–Crippen MR) is 76.5 cm³/mol. The number of rotatable bonds is 4. The molecule has 19 heavy (non-hydrogen) atoms. The van der Waals surface area contributed by atoms with Gasteiger partial charge in [-0.2, -0.15) is 0 Å². The van der Waals surface area contributed by atoms with Gasteiger partial charge in [0.1, 0.15) is 0 Å². The zero-order chi connectivity index (χ0) is 13.5. The molecule has 3 rings (SSSR count). The molecular formula is C15H17NO2S. The monoisotopic (exact) mass is 275 g/mol. The summed E-state index contributed by atoms with van der Waals surface area (Å²) in [6.07, 6.45) is 1.99. The molecule has 4 heteroatoms. The molecule has 0 aromatic heterocycles. The van der Waals surface area contributed by atoms with Crippen LogP contribution in [-0.2, 0) is 10.0 Å². The van der Waals surface area contributed by atoms with E-state index in [9.17, 15) is 8.42 Å². The first-order valence-electron chi connectivity index (χ1n) is 6.62. The van der Waals surface area contributed by atoms with Gasteiger partial charge in [-0.1, -0.05) is 49.7 Å².